The molecule has 1 heterocycles. The van der Waals surface area contributed by atoms with Crippen LogP contribution in [0.4, 0.5) is 4.39 Å². The van der Waals surface area contributed by atoms with Gasteiger partial charge in [0.25, 0.3) is 0 Å². The van der Waals surface area contributed by atoms with Crippen molar-refractivity contribution >= 4 is 28.4 Å². The molecule has 0 atom stereocenters. The molecular weight excluding hydrogens is 315 g/mol. The van der Waals surface area contributed by atoms with Gasteiger partial charge in [-0.15, -0.1) is 0 Å². The molecule has 118 valence electrons. The Labute approximate surface area is 138 Å². The topological polar surface area (TPSA) is 44.9 Å². The summed E-state index contributed by atoms with van der Waals surface area (Å²) in [4.78, 5) is 15.4. The van der Waals surface area contributed by atoms with Crippen molar-refractivity contribution in [3.05, 3.63) is 70.1 Å². The van der Waals surface area contributed by atoms with Crippen LogP contribution in [0.25, 0.3) is 10.9 Å². The van der Waals surface area contributed by atoms with Gasteiger partial charge in [-0.2, -0.15) is 0 Å². The molecule has 3 aromatic rings. The molecule has 0 unspecified atom stereocenters. The van der Waals surface area contributed by atoms with Gasteiger partial charge in [0.1, 0.15) is 5.82 Å². The first-order valence-corrected chi connectivity index (χ1v) is 7.69. The van der Waals surface area contributed by atoms with E-state index in [1.165, 1.54) is 6.07 Å². The minimum atomic E-state index is -0.317. The maximum absolute atomic E-state index is 13.6. The number of nitrogens with one attached hydrogen (secondary N) is 2. The van der Waals surface area contributed by atoms with E-state index < -0.39 is 0 Å². The predicted molar refractivity (Wildman–Crippen MR) is 90.0 cm³/mol. The summed E-state index contributed by atoms with van der Waals surface area (Å²) in [6.07, 6.45) is 0.223. The van der Waals surface area contributed by atoms with E-state index in [4.69, 9.17) is 11.6 Å². The zero-order valence-corrected chi connectivity index (χ0v) is 13.4. The SMILES string of the molecule is Cc1[nH]c2ccc(Cl)cc2c1CC(=O)NCc1ccccc1F. The van der Waals surface area contributed by atoms with E-state index in [9.17, 15) is 9.18 Å². The normalized spacial score (nSPS) is 10.9. The lowest BCUT2D eigenvalue weighted by Gasteiger charge is -2.07. The Balaban J connectivity index is 1.74. The number of amides is 1. The third kappa shape index (κ3) is 3.37. The Morgan fingerprint density at radius 3 is 2.83 bits per heavy atom. The lowest BCUT2D eigenvalue weighted by atomic mass is 10.1. The average molecular weight is 331 g/mol. The largest absolute Gasteiger partial charge is 0.358 e. The zero-order chi connectivity index (χ0) is 16.4. The molecule has 1 aromatic heterocycles. The van der Waals surface area contributed by atoms with Crippen LogP contribution >= 0.6 is 11.6 Å². The zero-order valence-electron chi connectivity index (χ0n) is 12.6. The van der Waals surface area contributed by atoms with E-state index in [0.29, 0.717) is 10.6 Å². The summed E-state index contributed by atoms with van der Waals surface area (Å²) in [6.45, 7) is 2.10. The molecule has 2 aromatic carbocycles. The first kappa shape index (κ1) is 15.6. The fraction of sp³-hybridized carbons (Fsp3) is 0.167. The predicted octanol–water partition coefficient (Wildman–Crippen LogP) is 4.13. The highest BCUT2D eigenvalue weighted by atomic mass is 35.5. The van der Waals surface area contributed by atoms with E-state index in [2.05, 4.69) is 10.3 Å². The number of rotatable bonds is 4. The van der Waals surface area contributed by atoms with Crippen LogP contribution in [0, 0.1) is 12.7 Å². The maximum Gasteiger partial charge on any atom is 0.224 e. The molecule has 0 radical (unpaired) electrons. The molecule has 0 aliphatic rings. The molecule has 23 heavy (non-hydrogen) atoms. The first-order valence-electron chi connectivity index (χ1n) is 7.31. The molecule has 0 spiro atoms. The lowest BCUT2D eigenvalue weighted by molar-refractivity contribution is -0.120. The molecule has 0 aliphatic heterocycles. The smallest absolute Gasteiger partial charge is 0.224 e. The van der Waals surface area contributed by atoms with Gasteiger partial charge < -0.3 is 10.3 Å². The van der Waals surface area contributed by atoms with Crippen LogP contribution in [0.3, 0.4) is 0 Å². The fourth-order valence-electron chi connectivity index (χ4n) is 2.64. The number of aryl methyl sites for hydroxylation is 1. The number of hydrogen-bond donors (Lipinski definition) is 2. The Kier molecular flexibility index (Phi) is 4.35. The summed E-state index contributed by atoms with van der Waals surface area (Å²) in [5, 5.41) is 4.33. The third-order valence-corrected chi connectivity index (χ3v) is 4.09. The number of benzene rings is 2. The second-order valence-corrected chi connectivity index (χ2v) is 5.90. The van der Waals surface area contributed by atoms with Crippen LogP contribution in [-0.2, 0) is 17.8 Å². The molecule has 3 nitrogen and oxygen atoms in total. The summed E-state index contributed by atoms with van der Waals surface area (Å²) in [6, 6.07) is 12.0. The van der Waals surface area contributed by atoms with Crippen molar-refractivity contribution in [3.63, 3.8) is 0 Å². The highest BCUT2D eigenvalue weighted by Crippen LogP contribution is 2.25. The molecule has 0 saturated carbocycles. The number of carbonyl (C=O) groups is 1. The summed E-state index contributed by atoms with van der Waals surface area (Å²) in [5.41, 5.74) is 3.26. The second-order valence-electron chi connectivity index (χ2n) is 5.46. The monoisotopic (exact) mass is 330 g/mol. The maximum atomic E-state index is 13.6. The molecule has 0 bridgehead atoms. The number of aromatic amines is 1. The van der Waals surface area contributed by atoms with Crippen molar-refractivity contribution in [2.45, 2.75) is 19.9 Å². The van der Waals surface area contributed by atoms with Gasteiger partial charge >= 0.3 is 0 Å². The van der Waals surface area contributed by atoms with Gasteiger partial charge in [0.2, 0.25) is 5.91 Å². The number of aromatic nitrogens is 1. The standard InChI is InChI=1S/C18H16ClFN2O/c1-11-14(15-8-13(19)6-7-17(15)22-11)9-18(23)21-10-12-4-2-3-5-16(12)20/h2-8,22H,9-10H2,1H3,(H,21,23). The van der Waals surface area contributed by atoms with Crippen LogP contribution in [0.15, 0.2) is 42.5 Å². The Morgan fingerprint density at radius 2 is 2.04 bits per heavy atom. The van der Waals surface area contributed by atoms with Crippen LogP contribution < -0.4 is 5.32 Å². The summed E-state index contributed by atoms with van der Waals surface area (Å²) < 4.78 is 13.6. The summed E-state index contributed by atoms with van der Waals surface area (Å²) in [7, 11) is 0. The van der Waals surface area contributed by atoms with E-state index >= 15 is 0 Å². The Morgan fingerprint density at radius 1 is 1.26 bits per heavy atom. The van der Waals surface area contributed by atoms with Crippen molar-refractivity contribution in [2.24, 2.45) is 0 Å². The number of fused-ring (bicyclic) bond motifs is 1. The first-order chi connectivity index (χ1) is 11.0. The molecule has 3 rings (SSSR count). The van der Waals surface area contributed by atoms with Gasteiger partial charge in [-0.3, -0.25) is 4.79 Å². The number of H-pyrrole nitrogens is 1. The Bertz CT molecular complexity index is 873. The van der Waals surface area contributed by atoms with Gasteiger partial charge in [-0.25, -0.2) is 4.39 Å². The molecule has 0 saturated heterocycles. The van der Waals surface area contributed by atoms with E-state index in [-0.39, 0.29) is 24.7 Å². The van der Waals surface area contributed by atoms with Crippen molar-refractivity contribution < 1.29 is 9.18 Å². The number of carbonyl (C=O) groups excluding carboxylic acids is 1. The molecule has 2 N–H and O–H groups in total. The molecule has 5 heteroatoms. The average Bonchev–Trinajstić information content (AvgIpc) is 2.82. The van der Waals surface area contributed by atoms with Gasteiger partial charge in [-0.1, -0.05) is 29.8 Å². The van der Waals surface area contributed by atoms with Gasteiger partial charge in [0.15, 0.2) is 0 Å². The number of hydrogen-bond acceptors (Lipinski definition) is 1. The summed E-state index contributed by atoms with van der Waals surface area (Å²) in [5.74, 6) is -0.472. The van der Waals surface area contributed by atoms with E-state index in [1.807, 2.05) is 25.1 Å². The van der Waals surface area contributed by atoms with Crippen LogP contribution in [0.5, 0.6) is 0 Å². The quantitative estimate of drug-likeness (QED) is 0.742. The number of halogens is 2. The van der Waals surface area contributed by atoms with Crippen LogP contribution in [0.1, 0.15) is 16.8 Å². The third-order valence-electron chi connectivity index (χ3n) is 3.85. The van der Waals surface area contributed by atoms with Crippen molar-refractivity contribution in [1.29, 1.82) is 0 Å². The second kappa shape index (κ2) is 6.42. The van der Waals surface area contributed by atoms with Gasteiger partial charge in [0, 0.05) is 33.7 Å². The summed E-state index contributed by atoms with van der Waals surface area (Å²) >= 11 is 6.04. The van der Waals surface area contributed by atoms with Crippen LogP contribution in [0.2, 0.25) is 5.02 Å². The fourth-order valence-corrected chi connectivity index (χ4v) is 2.81. The highest BCUT2D eigenvalue weighted by Gasteiger charge is 2.13. The van der Waals surface area contributed by atoms with Crippen molar-refractivity contribution in [1.82, 2.24) is 10.3 Å². The lowest BCUT2D eigenvalue weighted by Crippen LogP contribution is -2.25. The van der Waals surface area contributed by atoms with Crippen LogP contribution in [-0.4, -0.2) is 10.9 Å². The van der Waals surface area contributed by atoms with Crippen molar-refractivity contribution in [3.8, 4) is 0 Å². The molecule has 0 fully saturated rings. The highest BCUT2D eigenvalue weighted by molar-refractivity contribution is 6.31. The van der Waals surface area contributed by atoms with Gasteiger partial charge in [0.05, 0.1) is 6.42 Å². The van der Waals surface area contributed by atoms with Crippen molar-refractivity contribution in [2.75, 3.05) is 0 Å². The molecule has 1 amide bonds. The molecular formula is C18H16ClFN2O. The molecule has 0 aliphatic carbocycles. The van der Waals surface area contributed by atoms with E-state index in [1.54, 1.807) is 18.2 Å². The Hall–Kier alpha value is -2.33. The minimum absolute atomic E-state index is 0.155. The van der Waals surface area contributed by atoms with E-state index in [0.717, 1.165) is 22.2 Å². The van der Waals surface area contributed by atoms with Gasteiger partial charge in [-0.05, 0) is 36.8 Å². The minimum Gasteiger partial charge on any atom is -0.358 e.